The van der Waals surface area contributed by atoms with E-state index < -0.39 is 5.79 Å². The van der Waals surface area contributed by atoms with Gasteiger partial charge < -0.3 is 20.3 Å². The van der Waals surface area contributed by atoms with Gasteiger partial charge in [-0.1, -0.05) is 15.9 Å². The molecule has 19 heavy (non-hydrogen) atoms. The fourth-order valence-electron chi connectivity index (χ4n) is 2.01. The Balaban J connectivity index is 0.00000180. The van der Waals surface area contributed by atoms with Crippen molar-refractivity contribution in [2.24, 2.45) is 0 Å². The summed E-state index contributed by atoms with van der Waals surface area (Å²) in [5.74, 6) is -1.63. The van der Waals surface area contributed by atoms with Crippen LogP contribution in [-0.2, 0) is 20.1 Å². The summed E-state index contributed by atoms with van der Waals surface area (Å²) in [6, 6.07) is 3.70. The summed E-state index contributed by atoms with van der Waals surface area (Å²) in [7, 11) is 0. The maximum Gasteiger partial charge on any atom is 0.289 e. The summed E-state index contributed by atoms with van der Waals surface area (Å²) in [6.45, 7) is 4.44. The van der Waals surface area contributed by atoms with Crippen LogP contribution in [0.5, 0.6) is 0 Å². The van der Waals surface area contributed by atoms with E-state index in [1.165, 1.54) is 0 Å². The highest BCUT2D eigenvalue weighted by Gasteiger charge is 2.50. The Morgan fingerprint density at radius 2 is 1.79 bits per heavy atom. The highest BCUT2D eigenvalue weighted by molar-refractivity contribution is 9.11. The number of ether oxygens (including phenoxy) is 2. The maximum atomic E-state index is 12.2. The van der Waals surface area contributed by atoms with Crippen LogP contribution in [-0.4, -0.2) is 24.6 Å². The van der Waals surface area contributed by atoms with Gasteiger partial charge in [0.05, 0.1) is 5.69 Å². The zero-order valence-electron chi connectivity index (χ0n) is 10.5. The molecule has 0 aromatic heterocycles. The first-order chi connectivity index (χ1) is 8.55. The number of hydrogen-bond donors (Lipinski definition) is 1. The molecule has 1 aliphatic rings. The number of halogens is 2. The van der Waals surface area contributed by atoms with Crippen LogP contribution in [0.15, 0.2) is 21.1 Å². The van der Waals surface area contributed by atoms with Crippen molar-refractivity contribution in [2.75, 3.05) is 18.5 Å². The predicted molar refractivity (Wildman–Crippen MR) is 79.0 cm³/mol. The molecule has 0 atom stereocenters. The maximum absolute atomic E-state index is 12.2. The van der Waals surface area contributed by atoms with Gasteiger partial charge in [-0.3, -0.25) is 4.79 Å². The van der Waals surface area contributed by atoms with E-state index in [-0.39, 0.29) is 11.4 Å². The largest absolute Gasteiger partial charge is 0.412 e. The molecule has 7 heteroatoms. The van der Waals surface area contributed by atoms with Crippen molar-refractivity contribution in [1.29, 1.82) is 0 Å². The van der Waals surface area contributed by atoms with Crippen LogP contribution in [0.2, 0.25) is 0 Å². The molecule has 0 radical (unpaired) electrons. The van der Waals surface area contributed by atoms with E-state index in [0.717, 1.165) is 8.95 Å². The van der Waals surface area contributed by atoms with E-state index in [1.807, 2.05) is 26.0 Å². The van der Waals surface area contributed by atoms with Gasteiger partial charge in [0.25, 0.3) is 11.7 Å². The first-order valence-corrected chi connectivity index (χ1v) is 7.22. The smallest absolute Gasteiger partial charge is 0.289 e. The standard InChI is InChI=1S/C12H13Br2NO3.H2O/c1-3-17-12(18-4-2)8-5-7(13)6-9(14)10(8)15-11(12)16;/h5-6H,3-4H2,1-2H3,(H,15,16);1H2. The summed E-state index contributed by atoms with van der Waals surface area (Å²) in [5.41, 5.74) is 1.39. The minimum absolute atomic E-state index is 0. The molecule has 1 aliphatic heterocycles. The molecular formula is C12H15Br2NO4. The van der Waals surface area contributed by atoms with Crippen molar-refractivity contribution in [1.82, 2.24) is 0 Å². The van der Waals surface area contributed by atoms with Gasteiger partial charge in [-0.2, -0.15) is 0 Å². The number of amides is 1. The van der Waals surface area contributed by atoms with Crippen LogP contribution in [0.1, 0.15) is 19.4 Å². The summed E-state index contributed by atoms with van der Waals surface area (Å²) in [5, 5.41) is 2.80. The zero-order valence-corrected chi connectivity index (χ0v) is 13.7. The fraction of sp³-hybridized carbons (Fsp3) is 0.417. The monoisotopic (exact) mass is 395 g/mol. The molecule has 0 aliphatic carbocycles. The number of nitrogens with one attached hydrogen (secondary N) is 1. The van der Waals surface area contributed by atoms with Crippen LogP contribution < -0.4 is 5.32 Å². The van der Waals surface area contributed by atoms with Crippen molar-refractivity contribution in [3.05, 3.63) is 26.6 Å². The van der Waals surface area contributed by atoms with E-state index in [0.29, 0.717) is 24.5 Å². The second-order valence-electron chi connectivity index (χ2n) is 3.75. The minimum atomic E-state index is -1.34. The van der Waals surface area contributed by atoms with Gasteiger partial charge in [0, 0.05) is 27.7 Å². The fourth-order valence-corrected chi connectivity index (χ4v) is 3.34. The second kappa shape index (κ2) is 6.32. The molecule has 0 saturated heterocycles. The normalized spacial score (nSPS) is 15.7. The van der Waals surface area contributed by atoms with Crippen molar-refractivity contribution in [3.63, 3.8) is 0 Å². The highest BCUT2D eigenvalue weighted by atomic mass is 79.9. The average Bonchev–Trinajstić information content (AvgIpc) is 2.56. The summed E-state index contributed by atoms with van der Waals surface area (Å²) >= 11 is 6.83. The number of benzene rings is 1. The van der Waals surface area contributed by atoms with Gasteiger partial charge in [0.2, 0.25) is 0 Å². The van der Waals surface area contributed by atoms with Gasteiger partial charge in [-0.15, -0.1) is 0 Å². The lowest BCUT2D eigenvalue weighted by Crippen LogP contribution is -2.40. The van der Waals surface area contributed by atoms with Crippen molar-refractivity contribution < 1.29 is 19.7 Å². The number of rotatable bonds is 4. The van der Waals surface area contributed by atoms with Crippen LogP contribution in [0, 0.1) is 0 Å². The van der Waals surface area contributed by atoms with Gasteiger partial charge in [0.15, 0.2) is 0 Å². The molecule has 5 nitrogen and oxygen atoms in total. The Morgan fingerprint density at radius 3 is 2.32 bits per heavy atom. The number of anilines is 1. The number of carbonyl (C=O) groups is 1. The topological polar surface area (TPSA) is 79.1 Å². The summed E-state index contributed by atoms with van der Waals surface area (Å²) < 4.78 is 12.9. The number of carbonyl (C=O) groups excluding carboxylic acids is 1. The van der Waals surface area contributed by atoms with E-state index in [2.05, 4.69) is 37.2 Å². The van der Waals surface area contributed by atoms with Crippen LogP contribution in [0.25, 0.3) is 0 Å². The number of hydrogen-bond acceptors (Lipinski definition) is 3. The van der Waals surface area contributed by atoms with Crippen molar-refractivity contribution in [3.8, 4) is 0 Å². The molecule has 2 rings (SSSR count). The van der Waals surface area contributed by atoms with Gasteiger partial charge >= 0.3 is 0 Å². The second-order valence-corrected chi connectivity index (χ2v) is 5.52. The van der Waals surface area contributed by atoms with Gasteiger partial charge in [-0.05, 0) is 41.9 Å². The van der Waals surface area contributed by atoms with Crippen LogP contribution in [0.3, 0.4) is 0 Å². The molecular weight excluding hydrogens is 382 g/mol. The minimum Gasteiger partial charge on any atom is -0.412 e. The summed E-state index contributed by atoms with van der Waals surface area (Å²) in [4.78, 5) is 12.2. The first kappa shape index (κ1) is 16.6. The lowest BCUT2D eigenvalue weighted by Gasteiger charge is -2.26. The summed E-state index contributed by atoms with van der Waals surface area (Å²) in [6.07, 6.45) is 0. The highest BCUT2D eigenvalue weighted by Crippen LogP contribution is 2.45. The van der Waals surface area contributed by atoms with E-state index in [9.17, 15) is 4.79 Å². The molecule has 0 unspecified atom stereocenters. The van der Waals surface area contributed by atoms with Crippen LogP contribution >= 0.6 is 31.9 Å². The Labute approximate surface area is 128 Å². The van der Waals surface area contributed by atoms with Gasteiger partial charge in [0.1, 0.15) is 0 Å². The van der Waals surface area contributed by atoms with E-state index >= 15 is 0 Å². The molecule has 0 fully saturated rings. The molecule has 0 spiro atoms. The van der Waals surface area contributed by atoms with E-state index in [4.69, 9.17) is 9.47 Å². The lowest BCUT2D eigenvalue weighted by atomic mass is 10.1. The Kier molecular flexibility index (Phi) is 5.52. The molecule has 1 aromatic rings. The third kappa shape index (κ3) is 2.71. The third-order valence-corrected chi connectivity index (χ3v) is 3.73. The molecule has 3 N–H and O–H groups in total. The SMILES string of the molecule is CCOC1(OCC)C(=O)Nc2c(Br)cc(Br)cc21.O. The Bertz CT molecular complexity index is 487. The quantitative estimate of drug-likeness (QED) is 0.794. The molecule has 106 valence electrons. The molecule has 0 saturated carbocycles. The zero-order chi connectivity index (χ0) is 13.3. The van der Waals surface area contributed by atoms with Crippen LogP contribution in [0.4, 0.5) is 5.69 Å². The lowest BCUT2D eigenvalue weighted by molar-refractivity contribution is -0.227. The Morgan fingerprint density at radius 1 is 1.21 bits per heavy atom. The van der Waals surface area contributed by atoms with E-state index in [1.54, 1.807) is 0 Å². The first-order valence-electron chi connectivity index (χ1n) is 5.64. The Hall–Kier alpha value is -0.470. The third-order valence-electron chi connectivity index (χ3n) is 2.64. The van der Waals surface area contributed by atoms with Gasteiger partial charge in [-0.25, -0.2) is 0 Å². The molecule has 1 amide bonds. The average molecular weight is 397 g/mol. The van der Waals surface area contributed by atoms with Crippen molar-refractivity contribution in [2.45, 2.75) is 19.6 Å². The molecule has 0 bridgehead atoms. The predicted octanol–water partition coefficient (Wildman–Crippen LogP) is 2.56. The van der Waals surface area contributed by atoms with Crippen molar-refractivity contribution >= 4 is 43.5 Å². The molecule has 1 aromatic carbocycles. The number of fused-ring (bicyclic) bond motifs is 1. The molecule has 1 heterocycles.